The first-order valence-corrected chi connectivity index (χ1v) is 6.01. The highest BCUT2D eigenvalue weighted by molar-refractivity contribution is 5.95. The van der Waals surface area contributed by atoms with E-state index in [0.717, 1.165) is 5.75 Å². The lowest BCUT2D eigenvalue weighted by molar-refractivity contribution is 0.217. The minimum atomic E-state index is 0. The van der Waals surface area contributed by atoms with Crippen molar-refractivity contribution in [2.75, 3.05) is 13.2 Å². The van der Waals surface area contributed by atoms with Gasteiger partial charge >= 0.3 is 0 Å². The number of nitrogens with two attached hydrogens (primary N) is 1. The molecule has 0 amide bonds. The zero-order chi connectivity index (χ0) is 13.5. The molecular weight excluding hydrogens is 276 g/mol. The average molecular weight is 293 g/mol. The molecule has 0 bridgehead atoms. The summed E-state index contributed by atoms with van der Waals surface area (Å²) in [7, 11) is 0. The molecule has 3 N–H and O–H groups in total. The van der Waals surface area contributed by atoms with E-state index in [0.29, 0.717) is 24.5 Å². The molecule has 0 saturated heterocycles. The summed E-state index contributed by atoms with van der Waals surface area (Å²) < 4.78 is 11.1. The summed E-state index contributed by atoms with van der Waals surface area (Å²) in [5, 5.41) is 7.36. The summed E-state index contributed by atoms with van der Waals surface area (Å²) in [6, 6.07) is 16.7. The number of para-hydroxylation sites is 1. The normalized spacial score (nSPS) is 9.40. The Kier molecular flexibility index (Phi) is 6.40. The Morgan fingerprint density at radius 3 is 2.15 bits per heavy atom. The molecule has 0 atom stereocenters. The molecule has 4 nitrogen and oxygen atoms in total. The van der Waals surface area contributed by atoms with Gasteiger partial charge in [0.25, 0.3) is 0 Å². The number of halogens is 1. The Bertz CT molecular complexity index is 547. The SMILES string of the molecule is Cl.N=C(N)c1cccc(OCCOc2ccccc2)c1. The van der Waals surface area contributed by atoms with E-state index in [1.54, 1.807) is 12.1 Å². The van der Waals surface area contributed by atoms with E-state index < -0.39 is 0 Å². The van der Waals surface area contributed by atoms with Gasteiger partial charge in [0, 0.05) is 5.56 Å². The summed E-state index contributed by atoms with van der Waals surface area (Å²) in [4.78, 5) is 0. The molecule has 0 heterocycles. The molecule has 0 aliphatic carbocycles. The molecule has 106 valence electrons. The number of amidine groups is 1. The van der Waals surface area contributed by atoms with Gasteiger partial charge in [0.2, 0.25) is 0 Å². The molecule has 0 aromatic heterocycles. The van der Waals surface area contributed by atoms with E-state index in [4.69, 9.17) is 20.6 Å². The maximum absolute atomic E-state index is 7.36. The van der Waals surface area contributed by atoms with Gasteiger partial charge in [0.1, 0.15) is 30.5 Å². The topological polar surface area (TPSA) is 68.3 Å². The van der Waals surface area contributed by atoms with Crippen LogP contribution in [0.2, 0.25) is 0 Å². The van der Waals surface area contributed by atoms with Crippen LogP contribution in [0.25, 0.3) is 0 Å². The fourth-order valence-corrected chi connectivity index (χ4v) is 1.59. The fraction of sp³-hybridized carbons (Fsp3) is 0.133. The van der Waals surface area contributed by atoms with Gasteiger partial charge < -0.3 is 15.2 Å². The molecule has 5 heteroatoms. The quantitative estimate of drug-likeness (QED) is 0.489. The molecule has 2 rings (SSSR count). The standard InChI is InChI=1S/C15H16N2O2.ClH/c16-15(17)12-5-4-8-14(11-12)19-10-9-18-13-6-2-1-3-7-13;/h1-8,11H,9-10H2,(H3,16,17);1H. The molecule has 0 saturated carbocycles. The van der Waals surface area contributed by atoms with Crippen molar-refractivity contribution in [1.82, 2.24) is 0 Å². The zero-order valence-electron chi connectivity index (χ0n) is 10.9. The lowest BCUT2D eigenvalue weighted by Crippen LogP contribution is -2.12. The van der Waals surface area contributed by atoms with Gasteiger partial charge in [0.05, 0.1) is 0 Å². The summed E-state index contributed by atoms with van der Waals surface area (Å²) >= 11 is 0. The Morgan fingerprint density at radius 1 is 0.900 bits per heavy atom. The lowest BCUT2D eigenvalue weighted by Gasteiger charge is -2.09. The van der Waals surface area contributed by atoms with Crippen LogP contribution in [0.4, 0.5) is 0 Å². The van der Waals surface area contributed by atoms with Crippen molar-refractivity contribution in [3.05, 3.63) is 60.2 Å². The van der Waals surface area contributed by atoms with E-state index in [-0.39, 0.29) is 18.2 Å². The van der Waals surface area contributed by atoms with Crippen molar-refractivity contribution < 1.29 is 9.47 Å². The molecule has 20 heavy (non-hydrogen) atoms. The van der Waals surface area contributed by atoms with E-state index in [9.17, 15) is 0 Å². The first kappa shape index (κ1) is 15.9. The molecule has 0 unspecified atom stereocenters. The van der Waals surface area contributed by atoms with Gasteiger partial charge in [-0.25, -0.2) is 0 Å². The third-order valence-corrected chi connectivity index (χ3v) is 2.51. The second kappa shape index (κ2) is 8.07. The van der Waals surface area contributed by atoms with Crippen molar-refractivity contribution in [3.8, 4) is 11.5 Å². The maximum Gasteiger partial charge on any atom is 0.122 e. The Labute approximate surface area is 124 Å². The van der Waals surface area contributed by atoms with Gasteiger partial charge in [0.15, 0.2) is 0 Å². The molecule has 0 spiro atoms. The van der Waals surface area contributed by atoms with Crippen LogP contribution in [0.5, 0.6) is 11.5 Å². The molecule has 0 fully saturated rings. The summed E-state index contributed by atoms with van der Waals surface area (Å²) in [6.07, 6.45) is 0. The number of benzene rings is 2. The molecular formula is C15H17ClN2O2. The van der Waals surface area contributed by atoms with Crippen molar-refractivity contribution in [2.45, 2.75) is 0 Å². The maximum atomic E-state index is 7.36. The summed E-state index contributed by atoms with van der Waals surface area (Å²) in [6.45, 7) is 0.907. The largest absolute Gasteiger partial charge is 0.490 e. The monoisotopic (exact) mass is 292 g/mol. The molecule has 2 aromatic rings. The van der Waals surface area contributed by atoms with E-state index in [1.807, 2.05) is 42.5 Å². The first-order valence-electron chi connectivity index (χ1n) is 6.01. The zero-order valence-corrected chi connectivity index (χ0v) is 11.7. The van der Waals surface area contributed by atoms with Crippen LogP contribution in [0.15, 0.2) is 54.6 Å². The second-order valence-corrected chi connectivity index (χ2v) is 3.95. The van der Waals surface area contributed by atoms with Crippen molar-refractivity contribution >= 4 is 18.2 Å². The Balaban J connectivity index is 0.00000200. The van der Waals surface area contributed by atoms with Gasteiger partial charge in [-0.1, -0.05) is 30.3 Å². The van der Waals surface area contributed by atoms with Crippen LogP contribution in [0.3, 0.4) is 0 Å². The molecule has 0 aliphatic heterocycles. The molecule has 2 aromatic carbocycles. The van der Waals surface area contributed by atoms with Gasteiger partial charge in [-0.05, 0) is 24.3 Å². The van der Waals surface area contributed by atoms with E-state index in [2.05, 4.69) is 0 Å². The highest BCUT2D eigenvalue weighted by Crippen LogP contribution is 2.13. The van der Waals surface area contributed by atoms with Crippen LogP contribution in [-0.4, -0.2) is 19.0 Å². The van der Waals surface area contributed by atoms with Crippen molar-refractivity contribution in [3.63, 3.8) is 0 Å². The van der Waals surface area contributed by atoms with E-state index in [1.165, 1.54) is 0 Å². The number of ether oxygens (including phenoxy) is 2. The minimum Gasteiger partial charge on any atom is -0.490 e. The number of nitrogen functional groups attached to an aromatic ring is 1. The highest BCUT2D eigenvalue weighted by atomic mass is 35.5. The highest BCUT2D eigenvalue weighted by Gasteiger charge is 1.99. The third kappa shape index (κ3) is 4.82. The van der Waals surface area contributed by atoms with Crippen LogP contribution in [0, 0.1) is 5.41 Å². The number of nitrogens with one attached hydrogen (secondary N) is 1. The van der Waals surface area contributed by atoms with Crippen LogP contribution in [0.1, 0.15) is 5.56 Å². The predicted molar refractivity (Wildman–Crippen MR) is 82.1 cm³/mol. The van der Waals surface area contributed by atoms with Crippen LogP contribution >= 0.6 is 12.4 Å². The Hall–Kier alpha value is -2.20. The van der Waals surface area contributed by atoms with Crippen molar-refractivity contribution in [2.24, 2.45) is 5.73 Å². The number of hydrogen-bond donors (Lipinski definition) is 2. The van der Waals surface area contributed by atoms with Crippen LogP contribution < -0.4 is 15.2 Å². The first-order chi connectivity index (χ1) is 9.25. The number of rotatable bonds is 6. The number of hydrogen-bond acceptors (Lipinski definition) is 3. The predicted octanol–water partition coefficient (Wildman–Crippen LogP) is 2.85. The second-order valence-electron chi connectivity index (χ2n) is 3.95. The van der Waals surface area contributed by atoms with Gasteiger partial charge in [-0.3, -0.25) is 5.41 Å². The molecule has 0 aliphatic rings. The molecule has 0 radical (unpaired) electrons. The summed E-state index contributed by atoms with van der Waals surface area (Å²) in [5.41, 5.74) is 6.07. The smallest absolute Gasteiger partial charge is 0.122 e. The van der Waals surface area contributed by atoms with Gasteiger partial charge in [-0.15, -0.1) is 12.4 Å². The third-order valence-electron chi connectivity index (χ3n) is 2.51. The fourth-order valence-electron chi connectivity index (χ4n) is 1.59. The van der Waals surface area contributed by atoms with E-state index >= 15 is 0 Å². The lowest BCUT2D eigenvalue weighted by atomic mass is 10.2. The average Bonchev–Trinajstić information content (AvgIpc) is 2.45. The summed E-state index contributed by atoms with van der Waals surface area (Å²) in [5.74, 6) is 1.54. The van der Waals surface area contributed by atoms with Crippen molar-refractivity contribution in [1.29, 1.82) is 5.41 Å². The van der Waals surface area contributed by atoms with Gasteiger partial charge in [-0.2, -0.15) is 0 Å². The van der Waals surface area contributed by atoms with Crippen LogP contribution in [-0.2, 0) is 0 Å². The minimum absolute atomic E-state index is 0. The Morgan fingerprint density at radius 2 is 1.50 bits per heavy atom.